The van der Waals surface area contributed by atoms with E-state index in [0.717, 1.165) is 5.56 Å². The van der Waals surface area contributed by atoms with Crippen molar-refractivity contribution in [2.24, 2.45) is 0 Å². The van der Waals surface area contributed by atoms with E-state index in [1.165, 1.54) is 6.07 Å². The monoisotopic (exact) mass is 421 g/mol. The van der Waals surface area contributed by atoms with Crippen molar-refractivity contribution in [2.45, 2.75) is 13.0 Å². The van der Waals surface area contributed by atoms with Crippen LogP contribution < -0.4 is 5.32 Å². The lowest BCUT2D eigenvalue weighted by atomic mass is 9.98. The minimum atomic E-state index is -0.740. The van der Waals surface area contributed by atoms with Crippen LogP contribution in [0, 0.1) is 0 Å². The second-order valence-corrected chi connectivity index (χ2v) is 7.09. The van der Waals surface area contributed by atoms with Crippen molar-refractivity contribution in [1.82, 2.24) is 5.32 Å². The maximum absolute atomic E-state index is 12.8. The number of esters is 1. The smallest absolute Gasteiger partial charge is 0.339 e. The second kappa shape index (κ2) is 9.85. The minimum Gasteiger partial charge on any atom is -0.452 e. The summed E-state index contributed by atoms with van der Waals surface area (Å²) >= 11 is 5.87. The quantitative estimate of drug-likeness (QED) is 0.447. The predicted octanol–water partition coefficient (Wildman–Crippen LogP) is 4.61. The highest BCUT2D eigenvalue weighted by Crippen LogP contribution is 2.18. The van der Waals surface area contributed by atoms with Gasteiger partial charge in [0, 0.05) is 16.1 Å². The lowest BCUT2D eigenvalue weighted by Gasteiger charge is -2.14. The minimum absolute atomic E-state index is 0.0985. The van der Waals surface area contributed by atoms with Crippen molar-refractivity contribution in [2.75, 3.05) is 6.61 Å². The van der Waals surface area contributed by atoms with Crippen molar-refractivity contribution in [3.8, 4) is 0 Å². The topological polar surface area (TPSA) is 72.5 Å². The van der Waals surface area contributed by atoms with Gasteiger partial charge in [-0.05, 0) is 42.8 Å². The third-order valence-electron chi connectivity index (χ3n) is 4.51. The molecule has 3 aromatic rings. The summed E-state index contributed by atoms with van der Waals surface area (Å²) in [6.07, 6.45) is 0. The van der Waals surface area contributed by atoms with Gasteiger partial charge >= 0.3 is 5.97 Å². The van der Waals surface area contributed by atoms with Gasteiger partial charge in [-0.1, -0.05) is 60.1 Å². The van der Waals surface area contributed by atoms with Crippen LogP contribution in [0.15, 0.2) is 78.9 Å². The Bertz CT molecular complexity index is 1050. The summed E-state index contributed by atoms with van der Waals surface area (Å²) < 4.78 is 5.15. The van der Waals surface area contributed by atoms with Crippen LogP contribution in [-0.4, -0.2) is 24.3 Å². The molecule has 0 saturated heterocycles. The lowest BCUT2D eigenvalue weighted by molar-refractivity contribution is -0.124. The Morgan fingerprint density at radius 1 is 0.867 bits per heavy atom. The molecule has 0 fully saturated rings. The predicted molar refractivity (Wildman–Crippen MR) is 115 cm³/mol. The summed E-state index contributed by atoms with van der Waals surface area (Å²) in [7, 11) is 0. The van der Waals surface area contributed by atoms with Gasteiger partial charge in [-0.3, -0.25) is 9.59 Å². The van der Waals surface area contributed by atoms with E-state index in [9.17, 15) is 14.4 Å². The molecular weight excluding hydrogens is 402 g/mol. The molecule has 1 amide bonds. The Labute approximate surface area is 179 Å². The summed E-state index contributed by atoms with van der Waals surface area (Å²) in [6.45, 7) is 1.40. The Balaban J connectivity index is 1.65. The van der Waals surface area contributed by atoms with E-state index >= 15 is 0 Å². The molecule has 3 aromatic carbocycles. The van der Waals surface area contributed by atoms with E-state index in [0.29, 0.717) is 10.6 Å². The number of hydrogen-bond donors (Lipinski definition) is 1. The number of halogens is 1. The number of hydrogen-bond acceptors (Lipinski definition) is 4. The number of ketones is 1. The van der Waals surface area contributed by atoms with Crippen molar-refractivity contribution >= 4 is 29.3 Å². The summed E-state index contributed by atoms with van der Waals surface area (Å²) in [5.41, 5.74) is 1.63. The first-order valence-corrected chi connectivity index (χ1v) is 9.74. The van der Waals surface area contributed by atoms with Crippen molar-refractivity contribution < 1.29 is 19.1 Å². The Morgan fingerprint density at radius 2 is 1.47 bits per heavy atom. The van der Waals surface area contributed by atoms with Gasteiger partial charge in [0.1, 0.15) is 0 Å². The van der Waals surface area contributed by atoms with Gasteiger partial charge in [0.25, 0.3) is 5.91 Å². The van der Waals surface area contributed by atoms with Crippen LogP contribution in [0.25, 0.3) is 0 Å². The molecule has 1 N–H and O–H groups in total. The third kappa shape index (κ3) is 5.33. The molecule has 0 heterocycles. The fraction of sp³-hybridized carbons (Fsp3) is 0.125. The molecule has 0 bridgehead atoms. The fourth-order valence-electron chi connectivity index (χ4n) is 2.93. The zero-order valence-corrected chi connectivity index (χ0v) is 17.1. The van der Waals surface area contributed by atoms with Crippen LogP contribution >= 0.6 is 11.6 Å². The van der Waals surface area contributed by atoms with Crippen LogP contribution in [0.2, 0.25) is 5.02 Å². The van der Waals surface area contributed by atoms with Gasteiger partial charge in [0.15, 0.2) is 12.4 Å². The SMILES string of the molecule is C[C@@H](NC(=O)COC(=O)c1ccccc1C(=O)c1ccc(Cl)cc1)c1ccccc1. The Morgan fingerprint density at radius 3 is 2.13 bits per heavy atom. The van der Waals surface area contributed by atoms with E-state index in [2.05, 4.69) is 5.32 Å². The van der Waals surface area contributed by atoms with E-state index in [4.69, 9.17) is 16.3 Å². The first-order chi connectivity index (χ1) is 14.5. The van der Waals surface area contributed by atoms with Crippen LogP contribution in [0.1, 0.15) is 44.8 Å². The zero-order chi connectivity index (χ0) is 21.5. The van der Waals surface area contributed by atoms with Crippen molar-refractivity contribution in [3.05, 3.63) is 106 Å². The van der Waals surface area contributed by atoms with E-state index in [1.54, 1.807) is 42.5 Å². The van der Waals surface area contributed by atoms with Gasteiger partial charge in [-0.15, -0.1) is 0 Å². The van der Waals surface area contributed by atoms with Gasteiger partial charge in [-0.25, -0.2) is 4.79 Å². The summed E-state index contributed by atoms with van der Waals surface area (Å²) in [4.78, 5) is 37.5. The molecule has 5 nitrogen and oxygen atoms in total. The van der Waals surface area contributed by atoms with Gasteiger partial charge in [0.2, 0.25) is 0 Å². The summed E-state index contributed by atoms with van der Waals surface area (Å²) in [6, 6.07) is 21.9. The van der Waals surface area contributed by atoms with Crippen LogP contribution in [0.3, 0.4) is 0 Å². The average molecular weight is 422 g/mol. The molecule has 0 aliphatic heterocycles. The van der Waals surface area contributed by atoms with Crippen molar-refractivity contribution in [1.29, 1.82) is 0 Å². The number of nitrogens with one attached hydrogen (secondary N) is 1. The number of ether oxygens (including phenoxy) is 1. The standard InChI is InChI=1S/C24H20ClNO4/c1-16(17-7-3-2-4-8-17)26-22(27)15-30-24(29)21-10-6-5-9-20(21)23(28)18-11-13-19(25)14-12-18/h2-14,16H,15H2,1H3,(H,26,27)/t16-/m1/s1. The third-order valence-corrected chi connectivity index (χ3v) is 4.76. The highest BCUT2D eigenvalue weighted by molar-refractivity contribution is 6.30. The number of carbonyl (C=O) groups is 3. The molecule has 0 spiro atoms. The van der Waals surface area contributed by atoms with Crippen LogP contribution in [-0.2, 0) is 9.53 Å². The van der Waals surface area contributed by atoms with Crippen LogP contribution in [0.5, 0.6) is 0 Å². The van der Waals surface area contributed by atoms with Gasteiger partial charge < -0.3 is 10.1 Å². The van der Waals surface area contributed by atoms with E-state index in [1.807, 2.05) is 37.3 Å². The molecule has 30 heavy (non-hydrogen) atoms. The van der Waals surface area contributed by atoms with E-state index in [-0.39, 0.29) is 23.0 Å². The number of carbonyl (C=O) groups excluding carboxylic acids is 3. The van der Waals surface area contributed by atoms with E-state index < -0.39 is 18.5 Å². The molecule has 0 aliphatic carbocycles. The fourth-order valence-corrected chi connectivity index (χ4v) is 3.06. The average Bonchev–Trinajstić information content (AvgIpc) is 2.78. The van der Waals surface area contributed by atoms with Crippen LogP contribution in [0.4, 0.5) is 0 Å². The zero-order valence-electron chi connectivity index (χ0n) is 16.3. The number of benzene rings is 3. The molecule has 0 saturated carbocycles. The molecular formula is C24H20ClNO4. The first kappa shape index (κ1) is 21.3. The lowest BCUT2D eigenvalue weighted by Crippen LogP contribution is -2.31. The highest BCUT2D eigenvalue weighted by atomic mass is 35.5. The van der Waals surface area contributed by atoms with Crippen molar-refractivity contribution in [3.63, 3.8) is 0 Å². The van der Waals surface area contributed by atoms with Gasteiger partial charge in [0.05, 0.1) is 11.6 Å². The first-order valence-electron chi connectivity index (χ1n) is 9.36. The molecule has 1 atom stereocenters. The van der Waals surface area contributed by atoms with Gasteiger partial charge in [-0.2, -0.15) is 0 Å². The molecule has 0 radical (unpaired) electrons. The number of rotatable bonds is 7. The largest absolute Gasteiger partial charge is 0.452 e. The molecule has 0 aromatic heterocycles. The maximum Gasteiger partial charge on any atom is 0.339 e. The Kier molecular flexibility index (Phi) is 6.99. The maximum atomic E-state index is 12.8. The molecule has 152 valence electrons. The Hall–Kier alpha value is -3.44. The molecule has 0 aliphatic rings. The molecule has 0 unspecified atom stereocenters. The highest BCUT2D eigenvalue weighted by Gasteiger charge is 2.20. The molecule has 3 rings (SSSR count). The molecule has 6 heteroatoms. The second-order valence-electron chi connectivity index (χ2n) is 6.66. The normalized spacial score (nSPS) is 11.4. The summed E-state index contributed by atoms with van der Waals surface area (Å²) in [5, 5.41) is 3.29. The number of amides is 1. The summed E-state index contributed by atoms with van der Waals surface area (Å²) in [5.74, 6) is -1.50.